The van der Waals surface area contributed by atoms with Crippen molar-refractivity contribution >= 4 is 18.3 Å². The number of methoxy groups -OCH3 is 1. The van der Waals surface area contributed by atoms with Crippen LogP contribution in [0.1, 0.15) is 19.8 Å². The van der Waals surface area contributed by atoms with Crippen LogP contribution in [0.5, 0.6) is 0 Å². The number of hydrogen-bond acceptors (Lipinski definition) is 3. The van der Waals surface area contributed by atoms with Crippen molar-refractivity contribution in [2.24, 2.45) is 11.7 Å². The van der Waals surface area contributed by atoms with Gasteiger partial charge >= 0.3 is 0 Å². The van der Waals surface area contributed by atoms with Gasteiger partial charge in [0.2, 0.25) is 0 Å². The minimum absolute atomic E-state index is 0. The van der Waals surface area contributed by atoms with Gasteiger partial charge in [-0.3, -0.25) is 4.79 Å². The first-order valence-electron chi connectivity index (χ1n) is 5.20. The molecule has 1 fully saturated rings. The van der Waals surface area contributed by atoms with E-state index in [0.29, 0.717) is 12.5 Å². The van der Waals surface area contributed by atoms with E-state index in [0.717, 1.165) is 25.9 Å². The van der Waals surface area contributed by atoms with Gasteiger partial charge in [0, 0.05) is 20.2 Å². The standard InChI is InChI=1S/C10H20N2O2.ClH/c1-8(14-2)10(13)12-5-3-4-9(6-11)7-12;/h8-9H,3-7,11H2,1-2H3;1H. The number of nitrogens with zero attached hydrogens (tertiary/aromatic N) is 1. The van der Waals surface area contributed by atoms with Gasteiger partial charge in [0.1, 0.15) is 6.10 Å². The molecule has 1 amide bonds. The fourth-order valence-electron chi connectivity index (χ4n) is 1.82. The van der Waals surface area contributed by atoms with Crippen LogP contribution < -0.4 is 5.73 Å². The third kappa shape index (κ3) is 3.97. The lowest BCUT2D eigenvalue weighted by atomic mass is 9.98. The maximum atomic E-state index is 11.8. The van der Waals surface area contributed by atoms with Gasteiger partial charge in [-0.2, -0.15) is 0 Å². The summed E-state index contributed by atoms with van der Waals surface area (Å²) in [6.07, 6.45) is 1.87. The summed E-state index contributed by atoms with van der Waals surface area (Å²) in [6, 6.07) is 0. The first-order chi connectivity index (χ1) is 6.69. The Balaban J connectivity index is 0.00000196. The average Bonchev–Trinajstić information content (AvgIpc) is 2.27. The molecule has 2 N–H and O–H groups in total. The Labute approximate surface area is 97.5 Å². The lowest BCUT2D eigenvalue weighted by molar-refractivity contribution is -0.142. The summed E-state index contributed by atoms with van der Waals surface area (Å²) in [4.78, 5) is 13.6. The molecule has 4 nitrogen and oxygen atoms in total. The highest BCUT2D eigenvalue weighted by Gasteiger charge is 2.25. The molecular weight excluding hydrogens is 216 g/mol. The molecule has 0 aromatic heterocycles. The second-order valence-electron chi connectivity index (χ2n) is 3.91. The number of piperidine rings is 1. The van der Waals surface area contributed by atoms with E-state index in [9.17, 15) is 4.79 Å². The molecule has 0 aromatic carbocycles. The number of rotatable bonds is 3. The number of amides is 1. The third-order valence-electron chi connectivity index (χ3n) is 2.87. The fraction of sp³-hybridized carbons (Fsp3) is 0.900. The Hall–Kier alpha value is -0.320. The first-order valence-corrected chi connectivity index (χ1v) is 5.20. The lowest BCUT2D eigenvalue weighted by Crippen LogP contribution is -2.46. The van der Waals surface area contributed by atoms with Crippen LogP contribution in [0.4, 0.5) is 0 Å². The summed E-state index contributed by atoms with van der Waals surface area (Å²) in [6.45, 7) is 4.10. The Morgan fingerprint density at radius 2 is 2.33 bits per heavy atom. The topological polar surface area (TPSA) is 55.6 Å². The summed E-state index contributed by atoms with van der Waals surface area (Å²) in [5.41, 5.74) is 5.61. The minimum atomic E-state index is -0.327. The van der Waals surface area contributed by atoms with Crippen LogP contribution in [0.25, 0.3) is 0 Å². The zero-order valence-corrected chi connectivity index (χ0v) is 10.3. The zero-order chi connectivity index (χ0) is 10.6. The van der Waals surface area contributed by atoms with Gasteiger partial charge in [-0.05, 0) is 32.2 Å². The van der Waals surface area contributed by atoms with Crippen molar-refractivity contribution in [1.29, 1.82) is 0 Å². The predicted molar refractivity (Wildman–Crippen MR) is 62.1 cm³/mol. The van der Waals surface area contributed by atoms with Gasteiger partial charge in [-0.15, -0.1) is 12.4 Å². The van der Waals surface area contributed by atoms with Gasteiger partial charge < -0.3 is 15.4 Å². The van der Waals surface area contributed by atoms with Crippen molar-refractivity contribution in [3.05, 3.63) is 0 Å². The van der Waals surface area contributed by atoms with Crippen molar-refractivity contribution in [2.75, 3.05) is 26.7 Å². The molecule has 2 unspecified atom stereocenters. The monoisotopic (exact) mass is 236 g/mol. The number of nitrogens with two attached hydrogens (primary N) is 1. The van der Waals surface area contributed by atoms with E-state index in [1.807, 2.05) is 4.90 Å². The van der Waals surface area contributed by atoms with Crippen LogP contribution in [-0.2, 0) is 9.53 Å². The summed E-state index contributed by atoms with van der Waals surface area (Å²) in [5, 5.41) is 0. The molecule has 90 valence electrons. The summed E-state index contributed by atoms with van der Waals surface area (Å²) >= 11 is 0. The molecule has 15 heavy (non-hydrogen) atoms. The van der Waals surface area contributed by atoms with Gasteiger partial charge in [0.15, 0.2) is 0 Å². The fourth-order valence-corrected chi connectivity index (χ4v) is 1.82. The highest BCUT2D eigenvalue weighted by atomic mass is 35.5. The zero-order valence-electron chi connectivity index (χ0n) is 9.44. The minimum Gasteiger partial charge on any atom is -0.372 e. The lowest BCUT2D eigenvalue weighted by Gasteiger charge is -2.33. The molecule has 0 radical (unpaired) electrons. The Bertz CT molecular complexity index is 202. The van der Waals surface area contributed by atoms with Crippen LogP contribution >= 0.6 is 12.4 Å². The van der Waals surface area contributed by atoms with Crippen LogP contribution in [0, 0.1) is 5.92 Å². The Morgan fingerprint density at radius 3 is 2.87 bits per heavy atom. The SMILES string of the molecule is COC(C)C(=O)N1CCCC(CN)C1.Cl. The largest absolute Gasteiger partial charge is 0.372 e. The molecule has 0 aliphatic carbocycles. The quantitative estimate of drug-likeness (QED) is 0.783. The smallest absolute Gasteiger partial charge is 0.251 e. The van der Waals surface area contributed by atoms with Crippen molar-refractivity contribution < 1.29 is 9.53 Å². The van der Waals surface area contributed by atoms with Gasteiger partial charge in [0.25, 0.3) is 5.91 Å². The van der Waals surface area contributed by atoms with Crippen molar-refractivity contribution in [2.45, 2.75) is 25.9 Å². The van der Waals surface area contributed by atoms with Gasteiger partial charge in [0.05, 0.1) is 0 Å². The van der Waals surface area contributed by atoms with Crippen LogP contribution in [0.2, 0.25) is 0 Å². The molecule has 0 bridgehead atoms. The highest BCUT2D eigenvalue weighted by molar-refractivity contribution is 5.85. The normalized spacial score (nSPS) is 23.1. The predicted octanol–water partition coefficient (Wildman–Crippen LogP) is 0.640. The summed E-state index contributed by atoms with van der Waals surface area (Å²) in [5.74, 6) is 0.558. The molecule has 1 aliphatic rings. The van der Waals surface area contributed by atoms with Crippen molar-refractivity contribution in [3.63, 3.8) is 0 Å². The van der Waals surface area contributed by atoms with Crippen LogP contribution in [0.15, 0.2) is 0 Å². The molecule has 0 aromatic rings. The molecule has 1 rings (SSSR count). The molecule has 1 heterocycles. The maximum Gasteiger partial charge on any atom is 0.251 e. The Morgan fingerprint density at radius 1 is 1.67 bits per heavy atom. The second kappa shape index (κ2) is 7.04. The number of likely N-dealkylation sites (tertiary alicyclic amines) is 1. The second-order valence-corrected chi connectivity index (χ2v) is 3.91. The molecule has 1 aliphatic heterocycles. The van der Waals surface area contributed by atoms with E-state index in [4.69, 9.17) is 10.5 Å². The molecule has 2 atom stereocenters. The maximum absolute atomic E-state index is 11.8. The summed E-state index contributed by atoms with van der Waals surface area (Å²) in [7, 11) is 1.56. The number of hydrogen-bond donors (Lipinski definition) is 1. The van der Waals surface area contributed by atoms with E-state index >= 15 is 0 Å². The van der Waals surface area contributed by atoms with Gasteiger partial charge in [-0.1, -0.05) is 0 Å². The molecule has 0 saturated carbocycles. The number of carbonyl (C=O) groups excluding carboxylic acids is 1. The van der Waals surface area contributed by atoms with Gasteiger partial charge in [-0.25, -0.2) is 0 Å². The van der Waals surface area contributed by atoms with Crippen molar-refractivity contribution in [3.8, 4) is 0 Å². The Kier molecular flexibility index (Phi) is 6.89. The van der Waals surface area contributed by atoms with E-state index in [2.05, 4.69) is 0 Å². The number of halogens is 1. The molecular formula is C10H21ClN2O2. The third-order valence-corrected chi connectivity index (χ3v) is 2.87. The number of carbonyl (C=O) groups is 1. The molecule has 1 saturated heterocycles. The van der Waals surface area contributed by atoms with E-state index in [1.54, 1.807) is 14.0 Å². The van der Waals surface area contributed by atoms with Crippen LogP contribution in [0.3, 0.4) is 0 Å². The van der Waals surface area contributed by atoms with E-state index in [1.165, 1.54) is 0 Å². The molecule has 0 spiro atoms. The van der Waals surface area contributed by atoms with Crippen molar-refractivity contribution in [1.82, 2.24) is 4.90 Å². The van der Waals surface area contributed by atoms with E-state index in [-0.39, 0.29) is 24.4 Å². The highest BCUT2D eigenvalue weighted by Crippen LogP contribution is 2.16. The van der Waals surface area contributed by atoms with Crippen LogP contribution in [-0.4, -0.2) is 43.7 Å². The average molecular weight is 237 g/mol. The number of ether oxygens (including phenoxy) is 1. The van der Waals surface area contributed by atoms with E-state index < -0.39 is 0 Å². The molecule has 5 heteroatoms. The summed E-state index contributed by atoms with van der Waals surface area (Å²) < 4.78 is 5.01. The first kappa shape index (κ1) is 14.7.